The summed E-state index contributed by atoms with van der Waals surface area (Å²) in [5.74, 6) is 0.614. The molecule has 0 aliphatic carbocycles. The molecule has 0 amide bonds. The minimum absolute atomic E-state index is 0.122. The molecule has 1 N–H and O–H groups in total. The van der Waals surface area contributed by atoms with Crippen molar-refractivity contribution in [1.29, 1.82) is 0 Å². The molecule has 0 spiro atoms. The quantitative estimate of drug-likeness (QED) is 0.757. The van der Waals surface area contributed by atoms with Crippen molar-refractivity contribution in [2.24, 2.45) is 0 Å². The van der Waals surface area contributed by atoms with E-state index in [1.807, 2.05) is 55.5 Å². The van der Waals surface area contributed by atoms with E-state index in [4.69, 9.17) is 4.52 Å². The molecule has 0 unspecified atom stereocenters. The molecule has 0 saturated carbocycles. The molecule has 106 valence electrons. The highest BCUT2D eigenvalue weighted by Gasteiger charge is 2.19. The summed E-state index contributed by atoms with van der Waals surface area (Å²) >= 11 is 3.51. The summed E-state index contributed by atoms with van der Waals surface area (Å²) in [6.45, 7) is 1.91. The molecule has 0 saturated heterocycles. The van der Waals surface area contributed by atoms with Crippen LogP contribution in [0.2, 0.25) is 0 Å². The first-order valence-electron chi connectivity index (χ1n) is 6.62. The summed E-state index contributed by atoms with van der Waals surface area (Å²) in [5, 5.41) is 13.9. The van der Waals surface area contributed by atoms with E-state index in [9.17, 15) is 5.11 Å². The highest BCUT2D eigenvalue weighted by molar-refractivity contribution is 9.10. The Bertz CT molecular complexity index is 763. The number of aliphatic hydroxyl groups is 1. The van der Waals surface area contributed by atoms with Crippen molar-refractivity contribution < 1.29 is 9.63 Å². The Balaban J connectivity index is 2.13. The smallest absolute Gasteiger partial charge is 0.173 e. The molecular weight excluding hydrogens is 330 g/mol. The summed E-state index contributed by atoms with van der Waals surface area (Å²) in [7, 11) is 0. The van der Waals surface area contributed by atoms with Crippen molar-refractivity contribution in [2.75, 3.05) is 0 Å². The fourth-order valence-corrected chi connectivity index (χ4v) is 2.73. The van der Waals surface area contributed by atoms with Crippen molar-refractivity contribution in [2.45, 2.75) is 13.5 Å². The van der Waals surface area contributed by atoms with E-state index < -0.39 is 0 Å². The van der Waals surface area contributed by atoms with Crippen molar-refractivity contribution in [3.05, 3.63) is 64.1 Å². The average molecular weight is 344 g/mol. The molecule has 0 atom stereocenters. The highest BCUT2D eigenvalue weighted by Crippen LogP contribution is 2.35. The highest BCUT2D eigenvalue weighted by atomic mass is 79.9. The summed E-state index contributed by atoms with van der Waals surface area (Å²) in [6.07, 6.45) is 0. The molecule has 0 fully saturated rings. The van der Waals surface area contributed by atoms with Crippen LogP contribution in [0.25, 0.3) is 22.6 Å². The lowest BCUT2D eigenvalue weighted by atomic mass is 10.0. The summed E-state index contributed by atoms with van der Waals surface area (Å²) < 4.78 is 6.41. The first-order valence-corrected chi connectivity index (χ1v) is 7.41. The molecule has 3 aromatic rings. The number of aryl methyl sites for hydroxylation is 1. The Kier molecular flexibility index (Phi) is 3.90. The number of aliphatic hydroxyl groups excluding tert-OH is 1. The topological polar surface area (TPSA) is 46.3 Å². The molecule has 0 bridgehead atoms. The Labute approximate surface area is 131 Å². The minimum atomic E-state index is -0.122. The number of benzene rings is 2. The first-order chi connectivity index (χ1) is 10.2. The van der Waals surface area contributed by atoms with Gasteiger partial charge >= 0.3 is 0 Å². The standard InChI is InChI=1S/C17H14BrNO2/c1-11-6-8-12(9-7-11)17-14(10-20)16(19-21-17)13-4-2-3-5-15(13)18/h2-9,20H,10H2,1H3. The van der Waals surface area contributed by atoms with E-state index in [2.05, 4.69) is 21.1 Å². The predicted molar refractivity (Wildman–Crippen MR) is 85.7 cm³/mol. The lowest BCUT2D eigenvalue weighted by Crippen LogP contribution is -1.90. The van der Waals surface area contributed by atoms with Crippen molar-refractivity contribution in [3.63, 3.8) is 0 Å². The maximum absolute atomic E-state index is 9.74. The van der Waals surface area contributed by atoms with Gasteiger partial charge in [0.1, 0.15) is 5.69 Å². The second-order valence-electron chi connectivity index (χ2n) is 4.84. The maximum Gasteiger partial charge on any atom is 0.173 e. The van der Waals surface area contributed by atoms with Crippen molar-refractivity contribution in [3.8, 4) is 22.6 Å². The molecule has 4 heteroatoms. The van der Waals surface area contributed by atoms with E-state index in [0.29, 0.717) is 17.0 Å². The minimum Gasteiger partial charge on any atom is -0.391 e. The zero-order valence-corrected chi connectivity index (χ0v) is 13.1. The normalized spacial score (nSPS) is 10.8. The van der Waals surface area contributed by atoms with Gasteiger partial charge < -0.3 is 9.63 Å². The Morgan fingerprint density at radius 3 is 2.48 bits per heavy atom. The van der Waals surface area contributed by atoms with E-state index in [1.54, 1.807) is 0 Å². The van der Waals surface area contributed by atoms with Crippen LogP contribution in [0.5, 0.6) is 0 Å². The molecule has 3 nitrogen and oxygen atoms in total. The maximum atomic E-state index is 9.74. The molecule has 0 aliphatic rings. The van der Waals surface area contributed by atoms with Gasteiger partial charge in [-0.1, -0.05) is 69.1 Å². The second kappa shape index (κ2) is 5.84. The lowest BCUT2D eigenvalue weighted by molar-refractivity contribution is 0.281. The van der Waals surface area contributed by atoms with Gasteiger partial charge in [-0.25, -0.2) is 0 Å². The molecule has 1 heterocycles. The number of hydrogen-bond donors (Lipinski definition) is 1. The van der Waals surface area contributed by atoms with Crippen LogP contribution in [-0.2, 0) is 6.61 Å². The Morgan fingerprint density at radius 2 is 1.81 bits per heavy atom. The Morgan fingerprint density at radius 1 is 1.10 bits per heavy atom. The first kappa shape index (κ1) is 14.0. The molecule has 0 radical (unpaired) electrons. The third-order valence-electron chi connectivity index (χ3n) is 3.39. The van der Waals surface area contributed by atoms with E-state index in [0.717, 1.165) is 15.6 Å². The summed E-state index contributed by atoms with van der Waals surface area (Å²) in [6, 6.07) is 15.7. The zero-order chi connectivity index (χ0) is 14.8. The van der Waals surface area contributed by atoms with E-state index in [-0.39, 0.29) is 6.61 Å². The number of nitrogens with zero attached hydrogens (tertiary/aromatic N) is 1. The lowest BCUT2D eigenvalue weighted by Gasteiger charge is -2.03. The van der Waals surface area contributed by atoms with Crippen molar-refractivity contribution in [1.82, 2.24) is 5.16 Å². The largest absolute Gasteiger partial charge is 0.391 e. The van der Waals surface area contributed by atoms with Gasteiger partial charge in [0.15, 0.2) is 5.76 Å². The molecule has 3 rings (SSSR count). The van der Waals surface area contributed by atoms with Gasteiger partial charge in [0.05, 0.1) is 12.2 Å². The van der Waals surface area contributed by atoms with Crippen LogP contribution in [-0.4, -0.2) is 10.3 Å². The third-order valence-corrected chi connectivity index (χ3v) is 4.08. The third kappa shape index (κ3) is 2.64. The number of rotatable bonds is 3. The molecule has 0 aliphatic heterocycles. The van der Waals surface area contributed by atoms with Crippen LogP contribution in [0.3, 0.4) is 0 Å². The molecule has 1 aromatic heterocycles. The molecular formula is C17H14BrNO2. The van der Waals surface area contributed by atoms with Gasteiger partial charge in [-0.3, -0.25) is 0 Å². The predicted octanol–water partition coefficient (Wildman–Crippen LogP) is 4.57. The zero-order valence-electron chi connectivity index (χ0n) is 11.5. The van der Waals surface area contributed by atoms with Gasteiger partial charge in [0.25, 0.3) is 0 Å². The van der Waals surface area contributed by atoms with Crippen LogP contribution >= 0.6 is 15.9 Å². The molecule has 21 heavy (non-hydrogen) atoms. The number of halogens is 1. The fraction of sp³-hybridized carbons (Fsp3) is 0.118. The molecule has 2 aromatic carbocycles. The SMILES string of the molecule is Cc1ccc(-c2onc(-c3ccccc3Br)c2CO)cc1. The summed E-state index contributed by atoms with van der Waals surface area (Å²) in [5.41, 5.74) is 4.36. The monoisotopic (exact) mass is 343 g/mol. The van der Waals surface area contributed by atoms with E-state index in [1.165, 1.54) is 5.56 Å². The van der Waals surface area contributed by atoms with Crippen LogP contribution in [0.4, 0.5) is 0 Å². The Hall–Kier alpha value is -1.91. The van der Waals surface area contributed by atoms with Gasteiger partial charge in [0, 0.05) is 15.6 Å². The van der Waals surface area contributed by atoms with Gasteiger partial charge in [-0.05, 0) is 13.0 Å². The van der Waals surface area contributed by atoms with Crippen LogP contribution < -0.4 is 0 Å². The summed E-state index contributed by atoms with van der Waals surface area (Å²) in [4.78, 5) is 0. The second-order valence-corrected chi connectivity index (χ2v) is 5.70. The average Bonchev–Trinajstić information content (AvgIpc) is 2.92. The van der Waals surface area contributed by atoms with Crippen LogP contribution in [0.15, 0.2) is 57.5 Å². The number of hydrogen-bond acceptors (Lipinski definition) is 3. The van der Waals surface area contributed by atoms with Crippen molar-refractivity contribution >= 4 is 15.9 Å². The van der Waals surface area contributed by atoms with Gasteiger partial charge in [0.2, 0.25) is 0 Å². The van der Waals surface area contributed by atoms with E-state index >= 15 is 0 Å². The van der Waals surface area contributed by atoms with Crippen LogP contribution in [0.1, 0.15) is 11.1 Å². The van der Waals surface area contributed by atoms with Gasteiger partial charge in [-0.2, -0.15) is 0 Å². The van der Waals surface area contributed by atoms with Crippen LogP contribution in [0, 0.1) is 6.92 Å². The number of aromatic nitrogens is 1. The fourth-order valence-electron chi connectivity index (χ4n) is 2.25. The van der Waals surface area contributed by atoms with Gasteiger partial charge in [-0.15, -0.1) is 0 Å².